The number of aliphatic hydroxyl groups is 1. The molecule has 2 heterocycles. The van der Waals surface area contributed by atoms with Crippen molar-refractivity contribution in [3.8, 4) is 6.07 Å². The first-order valence-corrected chi connectivity index (χ1v) is 16.3. The third-order valence-electron chi connectivity index (χ3n) is 10.3. The summed E-state index contributed by atoms with van der Waals surface area (Å²) in [6, 6.07) is 6.54. The summed E-state index contributed by atoms with van der Waals surface area (Å²) < 4.78 is 12.9. The molecule has 0 bridgehead atoms. The fourth-order valence-electron chi connectivity index (χ4n) is 7.02. The number of aromatic nitrogens is 1. The van der Waals surface area contributed by atoms with Gasteiger partial charge in [0.25, 0.3) is 0 Å². The molecule has 2 fully saturated rings. The van der Waals surface area contributed by atoms with Crippen molar-refractivity contribution in [2.45, 2.75) is 104 Å². The fourth-order valence-corrected chi connectivity index (χ4v) is 7.02. The molecule has 2 aliphatic rings. The van der Waals surface area contributed by atoms with E-state index in [0.29, 0.717) is 30.9 Å². The first kappa shape index (κ1) is 33.5. The number of aryl methyl sites for hydroxylation is 2. The van der Waals surface area contributed by atoms with Crippen LogP contribution in [-0.2, 0) is 27.2 Å². The highest BCUT2D eigenvalue weighted by Crippen LogP contribution is 2.53. The van der Waals surface area contributed by atoms with Gasteiger partial charge in [-0.25, -0.2) is 0 Å². The third kappa shape index (κ3) is 7.99. The molecule has 8 heteroatoms. The summed E-state index contributed by atoms with van der Waals surface area (Å²) >= 11 is 0. The molecule has 4 N–H and O–H groups in total. The molecule has 1 saturated heterocycles. The Hall–Kier alpha value is -2.44. The van der Waals surface area contributed by atoms with Crippen molar-refractivity contribution in [3.05, 3.63) is 35.0 Å². The number of benzene rings is 1. The highest BCUT2D eigenvalue weighted by Gasteiger charge is 2.55. The summed E-state index contributed by atoms with van der Waals surface area (Å²) in [6.45, 7) is 13.7. The van der Waals surface area contributed by atoms with Crippen LogP contribution >= 0.6 is 0 Å². The van der Waals surface area contributed by atoms with Crippen molar-refractivity contribution in [2.24, 2.45) is 34.8 Å². The van der Waals surface area contributed by atoms with Gasteiger partial charge in [-0.3, -0.25) is 4.79 Å². The van der Waals surface area contributed by atoms with Crippen LogP contribution in [-0.4, -0.2) is 60.7 Å². The molecule has 43 heavy (non-hydrogen) atoms. The SMILES string of the molecule is COCCCn1cc(C#N)c2cc(C)c(C[C@@H](C[C@H](N)[C@@H](O)C[C@H](C(=O)N[C@@H]3CC34CCOCC4)C(C)C)C(C)C)cc21. The Labute approximate surface area is 258 Å². The molecule has 1 aliphatic carbocycles. The molecule has 1 spiro atoms. The number of ether oxygens (including phenoxy) is 2. The highest BCUT2D eigenvalue weighted by atomic mass is 16.5. The van der Waals surface area contributed by atoms with Crippen molar-refractivity contribution >= 4 is 16.8 Å². The summed E-state index contributed by atoms with van der Waals surface area (Å²) in [5.74, 6) is 0.510. The second kappa shape index (κ2) is 14.6. The summed E-state index contributed by atoms with van der Waals surface area (Å²) in [4.78, 5) is 13.3. The number of rotatable bonds is 15. The molecule has 2 aromatic rings. The van der Waals surface area contributed by atoms with E-state index >= 15 is 0 Å². The first-order chi connectivity index (χ1) is 20.5. The normalized spacial score (nSPS) is 20.7. The topological polar surface area (TPSA) is 123 Å². The second-order valence-corrected chi connectivity index (χ2v) is 14.0. The Morgan fingerprint density at radius 1 is 1.23 bits per heavy atom. The minimum Gasteiger partial charge on any atom is -0.391 e. The van der Waals surface area contributed by atoms with Gasteiger partial charge < -0.3 is 30.2 Å². The molecule has 1 aliphatic heterocycles. The Balaban J connectivity index is 1.41. The maximum atomic E-state index is 13.3. The van der Waals surface area contributed by atoms with E-state index in [0.717, 1.165) is 68.3 Å². The zero-order valence-electron chi connectivity index (χ0n) is 27.2. The lowest BCUT2D eigenvalue weighted by Gasteiger charge is -2.30. The summed E-state index contributed by atoms with van der Waals surface area (Å²) in [6.07, 6.45) is 7.02. The smallest absolute Gasteiger partial charge is 0.223 e. The fraction of sp³-hybridized carbons (Fsp3) is 0.714. The van der Waals surface area contributed by atoms with E-state index in [2.05, 4.69) is 62.7 Å². The van der Waals surface area contributed by atoms with Crippen molar-refractivity contribution in [2.75, 3.05) is 26.9 Å². The lowest BCUT2D eigenvalue weighted by Crippen LogP contribution is -2.44. The van der Waals surface area contributed by atoms with Gasteiger partial charge in [-0.05, 0) is 98.3 Å². The van der Waals surface area contributed by atoms with Crippen molar-refractivity contribution < 1.29 is 19.4 Å². The molecule has 1 aromatic heterocycles. The maximum Gasteiger partial charge on any atom is 0.223 e. The molecule has 5 atom stereocenters. The van der Waals surface area contributed by atoms with Crippen LogP contribution in [0.5, 0.6) is 0 Å². The predicted octanol–water partition coefficient (Wildman–Crippen LogP) is 5.10. The maximum absolute atomic E-state index is 13.3. The Morgan fingerprint density at radius 2 is 1.95 bits per heavy atom. The van der Waals surface area contributed by atoms with Gasteiger partial charge >= 0.3 is 0 Å². The second-order valence-electron chi connectivity index (χ2n) is 14.0. The van der Waals surface area contributed by atoms with E-state index in [1.54, 1.807) is 7.11 Å². The van der Waals surface area contributed by atoms with Crippen LogP contribution in [0.4, 0.5) is 0 Å². The summed E-state index contributed by atoms with van der Waals surface area (Å²) in [5.41, 5.74) is 11.1. The average molecular weight is 595 g/mol. The Kier molecular flexibility index (Phi) is 11.3. The van der Waals surface area contributed by atoms with E-state index in [-0.39, 0.29) is 35.1 Å². The van der Waals surface area contributed by atoms with Crippen LogP contribution < -0.4 is 11.1 Å². The zero-order valence-corrected chi connectivity index (χ0v) is 27.2. The Morgan fingerprint density at radius 3 is 2.58 bits per heavy atom. The molecule has 0 unspecified atom stereocenters. The van der Waals surface area contributed by atoms with Gasteiger partial charge in [0.15, 0.2) is 0 Å². The van der Waals surface area contributed by atoms with Crippen molar-refractivity contribution in [1.29, 1.82) is 5.26 Å². The highest BCUT2D eigenvalue weighted by molar-refractivity contribution is 5.88. The molecule has 1 saturated carbocycles. The van der Waals surface area contributed by atoms with E-state index in [9.17, 15) is 15.2 Å². The molecule has 1 amide bonds. The van der Waals surface area contributed by atoms with Gasteiger partial charge in [-0.2, -0.15) is 5.26 Å². The predicted molar refractivity (Wildman–Crippen MR) is 170 cm³/mol. The molecule has 238 valence electrons. The molecule has 8 nitrogen and oxygen atoms in total. The molecular weight excluding hydrogens is 540 g/mol. The number of carbonyl (C=O) groups is 1. The lowest BCUT2D eigenvalue weighted by atomic mass is 9.80. The summed E-state index contributed by atoms with van der Waals surface area (Å²) in [7, 11) is 1.71. The van der Waals surface area contributed by atoms with Crippen molar-refractivity contribution in [3.63, 3.8) is 0 Å². The number of nitrogens with one attached hydrogen (secondary N) is 1. The van der Waals surface area contributed by atoms with E-state index in [4.69, 9.17) is 15.2 Å². The number of carbonyl (C=O) groups excluding carboxylic acids is 1. The average Bonchev–Trinajstić information content (AvgIpc) is 3.49. The number of methoxy groups -OCH3 is 1. The molecule has 1 aromatic carbocycles. The van der Waals surface area contributed by atoms with Crippen LogP contribution in [0, 0.1) is 47.3 Å². The standard InChI is InChI=1S/C35H54N4O4/c1-22(2)25(15-26-17-31-29(14-24(26)5)27(20-36)21-39(31)10-7-11-42-6)16-30(37)32(40)18-28(23(3)4)34(41)38-33-19-35(33)8-12-43-13-9-35/h14,17,21-23,25,28,30,32-33,40H,7-13,15-16,18-19,37H2,1-6H3,(H,38,41)/t25-,28-,30-,32-,33+/m0/s1. The van der Waals surface area contributed by atoms with Gasteiger partial charge in [0, 0.05) is 68.6 Å². The number of nitrogens with two attached hydrogens (primary N) is 1. The van der Waals surface area contributed by atoms with Crippen LogP contribution in [0.2, 0.25) is 0 Å². The largest absolute Gasteiger partial charge is 0.391 e. The third-order valence-corrected chi connectivity index (χ3v) is 10.3. The van der Waals surface area contributed by atoms with Gasteiger partial charge in [-0.1, -0.05) is 27.7 Å². The minimum absolute atomic E-state index is 0.0455. The van der Waals surface area contributed by atoms with Gasteiger partial charge in [0.05, 0.1) is 11.7 Å². The number of nitrogens with zero attached hydrogens (tertiary/aromatic N) is 2. The zero-order chi connectivity index (χ0) is 31.3. The number of hydrogen-bond donors (Lipinski definition) is 3. The number of hydrogen-bond acceptors (Lipinski definition) is 6. The monoisotopic (exact) mass is 594 g/mol. The van der Waals surface area contributed by atoms with E-state index < -0.39 is 12.1 Å². The Bertz CT molecular complexity index is 1270. The number of fused-ring (bicyclic) bond motifs is 1. The van der Waals surface area contributed by atoms with Gasteiger partial charge in [0.1, 0.15) is 6.07 Å². The molecule has 0 radical (unpaired) electrons. The van der Waals surface area contributed by atoms with Crippen molar-refractivity contribution in [1.82, 2.24) is 9.88 Å². The first-order valence-electron chi connectivity index (χ1n) is 16.3. The number of aliphatic hydroxyl groups excluding tert-OH is 1. The summed E-state index contributed by atoms with van der Waals surface area (Å²) in [5, 5.41) is 25.3. The lowest BCUT2D eigenvalue weighted by molar-refractivity contribution is -0.128. The van der Waals surface area contributed by atoms with Crippen LogP contribution in [0.25, 0.3) is 10.9 Å². The molecule has 4 rings (SSSR count). The van der Waals surface area contributed by atoms with Crippen LogP contribution in [0.15, 0.2) is 18.3 Å². The van der Waals surface area contributed by atoms with Crippen LogP contribution in [0.1, 0.15) is 82.9 Å². The quantitative estimate of drug-likeness (QED) is 0.247. The van der Waals surface area contributed by atoms with Gasteiger partial charge in [0.2, 0.25) is 5.91 Å². The van der Waals surface area contributed by atoms with E-state index in [1.165, 1.54) is 5.56 Å². The minimum atomic E-state index is -0.754. The van der Waals surface area contributed by atoms with E-state index in [1.807, 2.05) is 6.20 Å². The number of amides is 1. The number of nitriles is 1. The van der Waals surface area contributed by atoms with Gasteiger partial charge in [-0.15, -0.1) is 0 Å². The van der Waals surface area contributed by atoms with Crippen LogP contribution in [0.3, 0.4) is 0 Å². The molecular formula is C35H54N4O4.